The van der Waals surface area contributed by atoms with E-state index in [1.54, 1.807) is 16.7 Å². The molecule has 2 aromatic heterocycles. The average molecular weight is 429 g/mol. The first-order chi connectivity index (χ1) is 14.2. The number of carbonyl (C=O) groups is 1. The van der Waals surface area contributed by atoms with Gasteiger partial charge in [0.2, 0.25) is 0 Å². The van der Waals surface area contributed by atoms with Gasteiger partial charge in [0, 0.05) is 26.9 Å². The predicted octanol–water partition coefficient (Wildman–Crippen LogP) is 4.28. The Morgan fingerprint density at radius 2 is 2.07 bits per heavy atom. The third kappa shape index (κ3) is 3.95. The van der Waals surface area contributed by atoms with Crippen molar-refractivity contribution in [2.24, 2.45) is 0 Å². The molecular weight excluding hydrogens is 403 g/mol. The lowest BCUT2D eigenvalue weighted by Crippen LogP contribution is -2.22. The minimum absolute atomic E-state index is 0.110. The molecule has 0 unspecified atom stereocenters. The lowest BCUT2D eigenvalue weighted by molar-refractivity contribution is 0.0630. The molecule has 30 heavy (non-hydrogen) atoms. The molecule has 1 aliphatic rings. The molecule has 1 aliphatic heterocycles. The van der Waals surface area contributed by atoms with Crippen LogP contribution in [0.5, 0.6) is 0 Å². The van der Waals surface area contributed by atoms with Gasteiger partial charge < -0.3 is 19.3 Å². The van der Waals surface area contributed by atoms with Crippen LogP contribution in [-0.2, 0) is 17.9 Å². The van der Waals surface area contributed by atoms with Crippen LogP contribution >= 0.6 is 0 Å². The monoisotopic (exact) mass is 428 g/mol. The lowest BCUT2D eigenvalue weighted by atomic mass is 10.2. The zero-order valence-electron chi connectivity index (χ0n) is 17.4. The van der Waals surface area contributed by atoms with Crippen LogP contribution < -0.4 is 4.90 Å². The van der Waals surface area contributed by atoms with Crippen LogP contribution in [0, 0.1) is 5.82 Å². The van der Waals surface area contributed by atoms with Gasteiger partial charge in [0.05, 0.1) is 5.52 Å². The number of aromatic carboxylic acids is 1. The predicted molar refractivity (Wildman–Crippen MR) is 116 cm³/mol. The second kappa shape index (κ2) is 7.80. The van der Waals surface area contributed by atoms with Gasteiger partial charge in [-0.2, -0.15) is 0 Å². The number of carboxylic acids is 1. The molecule has 3 aromatic rings. The largest absolute Gasteiger partial charge is 0.477 e. The molecule has 0 spiro atoms. The number of benzene rings is 1. The summed E-state index contributed by atoms with van der Waals surface area (Å²) in [6.45, 7) is 8.12. The van der Waals surface area contributed by atoms with Crippen LogP contribution in [-0.4, -0.2) is 46.8 Å². The van der Waals surface area contributed by atoms with E-state index in [2.05, 4.69) is 29.6 Å². The number of aromatic nitrogens is 3. The molecule has 0 radical (unpaired) electrons. The standard InChI is InChI=1S/C21H25FN4O3Si/c1-30(2,3)9-8-29-13-26-18(21(27)28)11-16-19(26)20(24-12-23-16)25-7-6-14-10-15(22)4-5-17(14)25/h4-5,10-12H,6-9,13H2,1-3H3,(H,27,28). The van der Waals surface area contributed by atoms with E-state index in [0.29, 0.717) is 36.4 Å². The fourth-order valence-corrected chi connectivity index (χ4v) is 4.47. The van der Waals surface area contributed by atoms with Crippen LogP contribution in [0.2, 0.25) is 25.7 Å². The second-order valence-electron chi connectivity index (χ2n) is 8.72. The molecule has 0 saturated carbocycles. The number of ether oxygens (including phenoxy) is 1. The molecule has 0 amide bonds. The summed E-state index contributed by atoms with van der Waals surface area (Å²) in [5.74, 6) is -0.709. The Kier molecular flexibility index (Phi) is 5.33. The molecule has 0 saturated heterocycles. The van der Waals surface area contributed by atoms with Gasteiger partial charge in [0.25, 0.3) is 0 Å². The molecule has 1 N–H and O–H groups in total. The summed E-state index contributed by atoms with van der Waals surface area (Å²) in [6.07, 6.45) is 2.12. The zero-order valence-corrected chi connectivity index (χ0v) is 18.4. The molecule has 4 rings (SSSR count). The minimum Gasteiger partial charge on any atom is -0.477 e. The Balaban J connectivity index is 1.74. The number of carboxylic acid groups (broad SMARTS) is 1. The minimum atomic E-state index is -1.26. The van der Waals surface area contributed by atoms with Gasteiger partial charge in [-0.3, -0.25) is 0 Å². The number of hydrogen-bond acceptors (Lipinski definition) is 5. The van der Waals surface area contributed by atoms with Gasteiger partial charge in [-0.15, -0.1) is 0 Å². The molecular formula is C21H25FN4O3Si. The summed E-state index contributed by atoms with van der Waals surface area (Å²) < 4.78 is 21.1. The van der Waals surface area contributed by atoms with E-state index in [1.165, 1.54) is 18.5 Å². The maximum absolute atomic E-state index is 13.6. The van der Waals surface area contributed by atoms with E-state index in [-0.39, 0.29) is 18.2 Å². The Bertz CT molecular complexity index is 1110. The fraction of sp³-hybridized carbons (Fsp3) is 0.381. The normalized spacial score (nSPS) is 13.8. The SMILES string of the molecule is C[Si](C)(C)CCOCn1c(C(=O)O)cc2ncnc(N3CCc4cc(F)ccc43)c21. The first kappa shape index (κ1) is 20.5. The number of hydrogen-bond donors (Lipinski definition) is 1. The molecule has 158 valence electrons. The second-order valence-corrected chi connectivity index (χ2v) is 14.3. The van der Waals surface area contributed by atoms with Crippen molar-refractivity contribution in [3.8, 4) is 0 Å². The van der Waals surface area contributed by atoms with Crippen LogP contribution in [0.25, 0.3) is 11.0 Å². The Morgan fingerprint density at radius 1 is 1.27 bits per heavy atom. The van der Waals surface area contributed by atoms with E-state index in [1.807, 2.05) is 4.90 Å². The van der Waals surface area contributed by atoms with Crippen molar-refractivity contribution >= 4 is 36.6 Å². The summed E-state index contributed by atoms with van der Waals surface area (Å²) in [4.78, 5) is 22.6. The maximum Gasteiger partial charge on any atom is 0.352 e. The molecule has 0 aliphatic carbocycles. The summed E-state index contributed by atoms with van der Waals surface area (Å²) in [5.41, 5.74) is 3.05. The molecule has 1 aromatic carbocycles. The van der Waals surface area contributed by atoms with Gasteiger partial charge >= 0.3 is 5.97 Å². The molecule has 0 bridgehead atoms. The van der Waals surface area contributed by atoms with Gasteiger partial charge in [0.15, 0.2) is 5.82 Å². The first-order valence-electron chi connectivity index (χ1n) is 9.96. The van der Waals surface area contributed by atoms with E-state index in [9.17, 15) is 14.3 Å². The van der Waals surface area contributed by atoms with Crippen LogP contribution in [0.4, 0.5) is 15.9 Å². The highest BCUT2D eigenvalue weighted by molar-refractivity contribution is 6.76. The highest BCUT2D eigenvalue weighted by atomic mass is 28.3. The number of fused-ring (bicyclic) bond motifs is 2. The summed E-state index contributed by atoms with van der Waals surface area (Å²) in [7, 11) is -1.26. The maximum atomic E-state index is 13.6. The average Bonchev–Trinajstić information content (AvgIpc) is 3.25. The van der Waals surface area contributed by atoms with Crippen molar-refractivity contribution in [3.63, 3.8) is 0 Å². The van der Waals surface area contributed by atoms with Crippen molar-refractivity contribution < 1.29 is 19.0 Å². The lowest BCUT2D eigenvalue weighted by Gasteiger charge is -2.21. The van der Waals surface area contributed by atoms with Crippen molar-refractivity contribution in [2.45, 2.75) is 38.8 Å². The Labute approximate surface area is 175 Å². The molecule has 0 atom stereocenters. The van der Waals surface area contributed by atoms with E-state index >= 15 is 0 Å². The van der Waals surface area contributed by atoms with E-state index in [4.69, 9.17) is 4.74 Å². The zero-order chi connectivity index (χ0) is 21.5. The fourth-order valence-electron chi connectivity index (χ4n) is 3.71. The van der Waals surface area contributed by atoms with Crippen LogP contribution in [0.15, 0.2) is 30.6 Å². The number of nitrogens with zero attached hydrogens (tertiary/aromatic N) is 4. The van der Waals surface area contributed by atoms with Gasteiger partial charge in [0.1, 0.15) is 30.1 Å². The molecule has 9 heteroatoms. The van der Waals surface area contributed by atoms with Crippen molar-refractivity contribution in [1.29, 1.82) is 0 Å². The highest BCUT2D eigenvalue weighted by Crippen LogP contribution is 2.37. The molecule has 7 nitrogen and oxygen atoms in total. The number of rotatable bonds is 7. The molecule has 0 fully saturated rings. The smallest absolute Gasteiger partial charge is 0.352 e. The van der Waals surface area contributed by atoms with Gasteiger partial charge in [-0.05, 0) is 42.3 Å². The number of anilines is 2. The summed E-state index contributed by atoms with van der Waals surface area (Å²) >= 11 is 0. The third-order valence-electron chi connectivity index (χ3n) is 5.29. The van der Waals surface area contributed by atoms with Crippen molar-refractivity contribution in [2.75, 3.05) is 18.1 Å². The topological polar surface area (TPSA) is 80.5 Å². The quantitative estimate of drug-likeness (QED) is 0.447. The van der Waals surface area contributed by atoms with Crippen molar-refractivity contribution in [1.82, 2.24) is 14.5 Å². The van der Waals surface area contributed by atoms with Gasteiger partial charge in [-0.1, -0.05) is 19.6 Å². The third-order valence-corrected chi connectivity index (χ3v) is 7.00. The first-order valence-corrected chi connectivity index (χ1v) is 13.7. The van der Waals surface area contributed by atoms with Gasteiger partial charge in [-0.25, -0.2) is 19.2 Å². The van der Waals surface area contributed by atoms with E-state index < -0.39 is 14.0 Å². The summed E-state index contributed by atoms with van der Waals surface area (Å²) in [5, 5.41) is 9.72. The summed E-state index contributed by atoms with van der Waals surface area (Å²) in [6, 6.07) is 7.24. The Morgan fingerprint density at radius 3 is 2.80 bits per heavy atom. The molecule has 3 heterocycles. The van der Waals surface area contributed by atoms with E-state index in [0.717, 1.165) is 17.3 Å². The van der Waals surface area contributed by atoms with Crippen LogP contribution in [0.1, 0.15) is 16.1 Å². The Hall–Kier alpha value is -2.78. The van der Waals surface area contributed by atoms with Crippen LogP contribution in [0.3, 0.4) is 0 Å². The highest BCUT2D eigenvalue weighted by Gasteiger charge is 2.27. The van der Waals surface area contributed by atoms with Crippen molar-refractivity contribution in [3.05, 3.63) is 47.7 Å². The number of halogens is 1.